The smallest absolute Gasteiger partial charge is 0.0484 e. The molecular weight excluding hydrogens is 294 g/mol. The third kappa shape index (κ3) is 1.96. The number of benzene rings is 1. The van der Waals surface area contributed by atoms with Crippen molar-refractivity contribution < 1.29 is 0 Å². The number of aryl methyl sites for hydroxylation is 1. The third-order valence-corrected chi connectivity index (χ3v) is 5.34. The van der Waals surface area contributed by atoms with Gasteiger partial charge in [0.05, 0.1) is 0 Å². The maximum atomic E-state index is 3.61. The molecule has 1 N–H and O–H groups in total. The second-order valence-corrected chi connectivity index (χ2v) is 6.16. The molecule has 3 rings (SSSR count). The van der Waals surface area contributed by atoms with E-state index in [1.165, 1.54) is 38.9 Å². The third-order valence-electron chi connectivity index (χ3n) is 3.45. The topological polar surface area (TPSA) is 12.0 Å². The summed E-state index contributed by atoms with van der Waals surface area (Å²) in [5.41, 5.74) is 4.30. The fourth-order valence-corrected chi connectivity index (χ4v) is 4.14. The van der Waals surface area contributed by atoms with Gasteiger partial charge >= 0.3 is 0 Å². The minimum absolute atomic E-state index is 0.531. The van der Waals surface area contributed by atoms with Crippen LogP contribution in [0.3, 0.4) is 0 Å². The Bertz CT molecular complexity index is 547. The van der Waals surface area contributed by atoms with Gasteiger partial charge in [0.1, 0.15) is 0 Å². The maximum Gasteiger partial charge on any atom is 0.0484 e. The van der Waals surface area contributed by atoms with Crippen LogP contribution in [0.15, 0.2) is 34.1 Å². The molecule has 88 valence electrons. The van der Waals surface area contributed by atoms with Crippen molar-refractivity contribution in [2.24, 2.45) is 0 Å². The predicted octanol–water partition coefficient (Wildman–Crippen LogP) is 4.38. The van der Waals surface area contributed by atoms with E-state index < -0.39 is 0 Å². The number of halogens is 1. The lowest BCUT2D eigenvalue weighted by atomic mass is 10.0. The standard InChI is InChI=1S/C14H14BrNS/c1-16-13-5-4-9-2-3-10(8-11(9)13)14-12(15)6-7-17-14/h2-3,6-8,13,16H,4-5H2,1H3. The first-order valence-corrected chi connectivity index (χ1v) is 7.50. The molecule has 1 atom stereocenters. The predicted molar refractivity (Wildman–Crippen MR) is 77.6 cm³/mol. The number of nitrogens with one attached hydrogen (secondary N) is 1. The lowest BCUT2D eigenvalue weighted by molar-refractivity contribution is 0.590. The average Bonchev–Trinajstić information content (AvgIpc) is 2.93. The fourth-order valence-electron chi connectivity index (χ4n) is 2.54. The molecule has 1 heterocycles. The summed E-state index contributed by atoms with van der Waals surface area (Å²) in [5.74, 6) is 0. The molecule has 0 saturated heterocycles. The van der Waals surface area contributed by atoms with Crippen LogP contribution in [0.1, 0.15) is 23.6 Å². The van der Waals surface area contributed by atoms with Crippen molar-refractivity contribution in [1.82, 2.24) is 5.32 Å². The van der Waals surface area contributed by atoms with Crippen LogP contribution in [0, 0.1) is 0 Å². The van der Waals surface area contributed by atoms with Crippen molar-refractivity contribution in [2.75, 3.05) is 7.05 Å². The fraction of sp³-hybridized carbons (Fsp3) is 0.286. The van der Waals surface area contributed by atoms with Gasteiger partial charge in [-0.25, -0.2) is 0 Å². The number of hydrogen-bond acceptors (Lipinski definition) is 2. The van der Waals surface area contributed by atoms with Gasteiger partial charge in [0.15, 0.2) is 0 Å². The molecule has 2 aromatic rings. The van der Waals surface area contributed by atoms with Crippen LogP contribution in [0.2, 0.25) is 0 Å². The van der Waals surface area contributed by atoms with Crippen molar-refractivity contribution >= 4 is 27.3 Å². The van der Waals surface area contributed by atoms with Crippen LogP contribution in [0.5, 0.6) is 0 Å². The van der Waals surface area contributed by atoms with E-state index in [0.29, 0.717) is 6.04 Å². The van der Waals surface area contributed by atoms with E-state index in [1.807, 2.05) is 7.05 Å². The molecule has 1 aliphatic rings. The van der Waals surface area contributed by atoms with Gasteiger partial charge in [-0.2, -0.15) is 0 Å². The van der Waals surface area contributed by atoms with Gasteiger partial charge in [0.25, 0.3) is 0 Å². The van der Waals surface area contributed by atoms with Gasteiger partial charge in [0.2, 0.25) is 0 Å². The Hall–Kier alpha value is -0.640. The van der Waals surface area contributed by atoms with E-state index in [1.54, 1.807) is 11.3 Å². The minimum Gasteiger partial charge on any atom is -0.313 e. The molecular formula is C14H14BrNS. The highest BCUT2D eigenvalue weighted by molar-refractivity contribution is 9.10. The molecule has 1 aromatic carbocycles. The summed E-state index contributed by atoms with van der Waals surface area (Å²) in [6, 6.07) is 9.52. The molecule has 0 bridgehead atoms. The van der Waals surface area contributed by atoms with Gasteiger partial charge in [-0.15, -0.1) is 11.3 Å². The van der Waals surface area contributed by atoms with Crippen molar-refractivity contribution in [3.8, 4) is 10.4 Å². The molecule has 0 saturated carbocycles. The lowest BCUT2D eigenvalue weighted by Gasteiger charge is -2.11. The Balaban J connectivity index is 2.07. The van der Waals surface area contributed by atoms with E-state index in [2.05, 4.69) is 50.9 Å². The first-order chi connectivity index (χ1) is 8.29. The Morgan fingerprint density at radius 1 is 1.35 bits per heavy atom. The molecule has 0 spiro atoms. The molecule has 1 aromatic heterocycles. The summed E-state index contributed by atoms with van der Waals surface area (Å²) in [6.07, 6.45) is 2.42. The molecule has 0 amide bonds. The summed E-state index contributed by atoms with van der Waals surface area (Å²) in [4.78, 5) is 1.33. The first-order valence-electron chi connectivity index (χ1n) is 5.83. The zero-order valence-corrected chi connectivity index (χ0v) is 12.1. The number of hydrogen-bond donors (Lipinski definition) is 1. The van der Waals surface area contributed by atoms with E-state index >= 15 is 0 Å². The highest BCUT2D eigenvalue weighted by Crippen LogP contribution is 2.38. The molecule has 17 heavy (non-hydrogen) atoms. The van der Waals surface area contributed by atoms with Gasteiger partial charge < -0.3 is 5.32 Å². The average molecular weight is 308 g/mol. The quantitative estimate of drug-likeness (QED) is 0.868. The van der Waals surface area contributed by atoms with Crippen molar-refractivity contribution in [2.45, 2.75) is 18.9 Å². The summed E-state index contributed by atoms with van der Waals surface area (Å²) < 4.78 is 1.20. The van der Waals surface area contributed by atoms with Gasteiger partial charge in [0, 0.05) is 15.4 Å². The van der Waals surface area contributed by atoms with Crippen molar-refractivity contribution in [1.29, 1.82) is 0 Å². The monoisotopic (exact) mass is 307 g/mol. The number of fused-ring (bicyclic) bond motifs is 1. The Morgan fingerprint density at radius 2 is 2.24 bits per heavy atom. The summed E-state index contributed by atoms with van der Waals surface area (Å²) in [5, 5.41) is 5.53. The van der Waals surface area contributed by atoms with Crippen molar-refractivity contribution in [3.63, 3.8) is 0 Å². The Labute approximate surface area is 114 Å². The van der Waals surface area contributed by atoms with E-state index in [-0.39, 0.29) is 0 Å². The van der Waals surface area contributed by atoms with Crippen molar-refractivity contribution in [3.05, 3.63) is 45.2 Å². The molecule has 0 aliphatic heterocycles. The highest BCUT2D eigenvalue weighted by atomic mass is 79.9. The van der Waals surface area contributed by atoms with Crippen LogP contribution >= 0.6 is 27.3 Å². The normalized spacial score (nSPS) is 18.4. The Kier molecular flexibility index (Phi) is 3.07. The van der Waals surface area contributed by atoms with Crippen LogP contribution in [-0.2, 0) is 6.42 Å². The first kappa shape index (κ1) is 11.5. The van der Waals surface area contributed by atoms with Crippen LogP contribution in [-0.4, -0.2) is 7.05 Å². The van der Waals surface area contributed by atoms with Gasteiger partial charge in [-0.1, -0.05) is 12.1 Å². The van der Waals surface area contributed by atoms with E-state index in [9.17, 15) is 0 Å². The van der Waals surface area contributed by atoms with E-state index in [0.717, 1.165) is 0 Å². The molecule has 1 unspecified atom stereocenters. The molecule has 0 fully saturated rings. The second-order valence-electron chi connectivity index (χ2n) is 4.39. The van der Waals surface area contributed by atoms with Gasteiger partial charge in [-0.3, -0.25) is 0 Å². The highest BCUT2D eigenvalue weighted by Gasteiger charge is 2.21. The van der Waals surface area contributed by atoms with Crippen LogP contribution < -0.4 is 5.32 Å². The molecule has 1 aliphatic carbocycles. The lowest BCUT2D eigenvalue weighted by Crippen LogP contribution is -2.12. The summed E-state index contributed by atoms with van der Waals surface area (Å²) >= 11 is 5.40. The van der Waals surface area contributed by atoms with Gasteiger partial charge in [-0.05, 0) is 70.0 Å². The largest absolute Gasteiger partial charge is 0.313 e. The summed E-state index contributed by atoms with van der Waals surface area (Å²) in [6.45, 7) is 0. The summed E-state index contributed by atoms with van der Waals surface area (Å²) in [7, 11) is 2.05. The van der Waals surface area contributed by atoms with Crippen LogP contribution in [0.4, 0.5) is 0 Å². The zero-order chi connectivity index (χ0) is 11.8. The minimum atomic E-state index is 0.531. The number of thiophene rings is 1. The molecule has 0 radical (unpaired) electrons. The van der Waals surface area contributed by atoms with Crippen LogP contribution in [0.25, 0.3) is 10.4 Å². The van der Waals surface area contributed by atoms with E-state index in [4.69, 9.17) is 0 Å². The number of rotatable bonds is 2. The second kappa shape index (κ2) is 4.56. The zero-order valence-electron chi connectivity index (χ0n) is 9.66. The molecule has 1 nitrogen and oxygen atoms in total. The Morgan fingerprint density at radius 3 is 2.94 bits per heavy atom. The SMILES string of the molecule is CNC1CCc2ccc(-c3sccc3Br)cc21. The molecule has 3 heteroatoms. The maximum absolute atomic E-state index is 3.61.